The van der Waals surface area contributed by atoms with Crippen LogP contribution in [0.1, 0.15) is 29.0 Å². The van der Waals surface area contributed by atoms with Crippen LogP contribution in [0.5, 0.6) is 0 Å². The third-order valence-electron chi connectivity index (χ3n) is 5.27. The molecule has 0 aromatic carbocycles. The second-order valence-electron chi connectivity index (χ2n) is 7.37. The third-order valence-corrected chi connectivity index (χ3v) is 5.27. The van der Waals surface area contributed by atoms with Crippen LogP contribution < -0.4 is 10.6 Å². The van der Waals surface area contributed by atoms with E-state index in [2.05, 4.69) is 48.8 Å². The van der Waals surface area contributed by atoms with Gasteiger partial charge in [-0.3, -0.25) is 14.8 Å². The van der Waals surface area contributed by atoms with Crippen molar-refractivity contribution in [2.45, 2.75) is 12.8 Å². The van der Waals surface area contributed by atoms with Gasteiger partial charge >= 0.3 is 0 Å². The van der Waals surface area contributed by atoms with Crippen LogP contribution in [-0.4, -0.2) is 62.3 Å². The van der Waals surface area contributed by atoms with E-state index >= 15 is 0 Å². The molecule has 9 nitrogen and oxygen atoms in total. The Kier molecular flexibility index (Phi) is 6.66. The number of nitrogens with one attached hydrogen (secondary N) is 2. The molecule has 0 spiro atoms. The Morgan fingerprint density at radius 1 is 1.25 bits per heavy atom. The molecule has 164 valence electrons. The molecule has 2 N–H and O–H groups in total. The molecule has 1 fully saturated rings. The summed E-state index contributed by atoms with van der Waals surface area (Å²) in [7, 11) is 0. The van der Waals surface area contributed by atoms with Crippen LogP contribution in [0, 0.1) is 0 Å². The number of aliphatic imine (C=N–C) groups is 1. The Morgan fingerprint density at radius 3 is 2.88 bits per heavy atom. The lowest BCUT2D eigenvalue weighted by molar-refractivity contribution is 0.0950. The highest BCUT2D eigenvalue weighted by molar-refractivity contribution is 6.06. The molecular weight excluding hydrogens is 404 g/mol. The highest BCUT2D eigenvalue weighted by Crippen LogP contribution is 2.23. The van der Waals surface area contributed by atoms with Crippen molar-refractivity contribution in [3.05, 3.63) is 73.6 Å². The highest BCUT2D eigenvalue weighted by Gasteiger charge is 2.16. The lowest BCUT2D eigenvalue weighted by Gasteiger charge is -2.16. The SMILES string of the molecule is C=CN=C(C=C)c1nc(Nc2ccncc2C(=O)NCCN2CCCC2)c2cccn2n1. The number of amides is 1. The van der Waals surface area contributed by atoms with Gasteiger partial charge in [0.15, 0.2) is 5.82 Å². The van der Waals surface area contributed by atoms with E-state index in [4.69, 9.17) is 0 Å². The molecule has 1 aliphatic rings. The first-order chi connectivity index (χ1) is 15.7. The van der Waals surface area contributed by atoms with Crippen molar-refractivity contribution in [2.24, 2.45) is 4.99 Å². The van der Waals surface area contributed by atoms with Crippen LogP contribution in [-0.2, 0) is 0 Å². The highest BCUT2D eigenvalue weighted by atomic mass is 16.1. The van der Waals surface area contributed by atoms with Crippen molar-refractivity contribution in [3.8, 4) is 0 Å². The zero-order chi connectivity index (χ0) is 22.3. The van der Waals surface area contributed by atoms with E-state index in [1.165, 1.54) is 19.0 Å². The topological polar surface area (TPSA) is 99.8 Å². The largest absolute Gasteiger partial charge is 0.351 e. The monoisotopic (exact) mass is 430 g/mol. The summed E-state index contributed by atoms with van der Waals surface area (Å²) >= 11 is 0. The van der Waals surface area contributed by atoms with Crippen molar-refractivity contribution in [1.29, 1.82) is 0 Å². The van der Waals surface area contributed by atoms with Gasteiger partial charge in [-0.25, -0.2) is 9.50 Å². The number of pyridine rings is 1. The average molecular weight is 431 g/mol. The normalized spacial score (nSPS) is 14.4. The Morgan fingerprint density at radius 2 is 2.09 bits per heavy atom. The number of anilines is 2. The first-order valence-electron chi connectivity index (χ1n) is 10.6. The van der Waals surface area contributed by atoms with E-state index < -0.39 is 0 Å². The molecule has 0 aliphatic carbocycles. The molecule has 0 atom stereocenters. The molecule has 0 radical (unpaired) electrons. The maximum atomic E-state index is 12.9. The van der Waals surface area contributed by atoms with Gasteiger partial charge in [0.2, 0.25) is 5.82 Å². The third kappa shape index (κ3) is 4.73. The van der Waals surface area contributed by atoms with Gasteiger partial charge in [-0.15, -0.1) is 5.10 Å². The van der Waals surface area contributed by atoms with E-state index in [1.54, 1.807) is 29.1 Å². The number of aromatic nitrogens is 4. The average Bonchev–Trinajstić information content (AvgIpc) is 3.50. The molecule has 3 aromatic heterocycles. The van der Waals surface area contributed by atoms with Crippen LogP contribution in [0.4, 0.5) is 11.5 Å². The summed E-state index contributed by atoms with van der Waals surface area (Å²) in [5.74, 6) is 0.744. The molecule has 1 amide bonds. The smallest absolute Gasteiger partial charge is 0.255 e. The summed E-state index contributed by atoms with van der Waals surface area (Å²) in [6.45, 7) is 11.0. The van der Waals surface area contributed by atoms with E-state index in [9.17, 15) is 4.79 Å². The van der Waals surface area contributed by atoms with E-state index in [0.29, 0.717) is 35.1 Å². The van der Waals surface area contributed by atoms with Gasteiger partial charge in [0.25, 0.3) is 5.91 Å². The second-order valence-corrected chi connectivity index (χ2v) is 7.37. The summed E-state index contributed by atoms with van der Waals surface area (Å²) in [6.07, 6.45) is 10.4. The van der Waals surface area contributed by atoms with Crippen molar-refractivity contribution in [1.82, 2.24) is 29.8 Å². The quantitative estimate of drug-likeness (QED) is 0.507. The van der Waals surface area contributed by atoms with Gasteiger partial charge in [-0.05, 0) is 50.2 Å². The number of nitrogens with zero attached hydrogens (tertiary/aromatic N) is 6. The fourth-order valence-electron chi connectivity index (χ4n) is 3.68. The summed E-state index contributed by atoms with van der Waals surface area (Å²) in [5.41, 5.74) is 2.30. The fourth-order valence-corrected chi connectivity index (χ4v) is 3.68. The first-order valence-corrected chi connectivity index (χ1v) is 10.6. The molecule has 32 heavy (non-hydrogen) atoms. The van der Waals surface area contributed by atoms with E-state index in [1.807, 2.05) is 18.3 Å². The van der Waals surface area contributed by atoms with Gasteiger partial charge in [0.1, 0.15) is 11.2 Å². The fraction of sp³-hybridized carbons (Fsp3) is 0.261. The van der Waals surface area contributed by atoms with E-state index in [0.717, 1.165) is 25.2 Å². The van der Waals surface area contributed by atoms with Crippen LogP contribution in [0.15, 0.2) is 67.2 Å². The predicted molar refractivity (Wildman–Crippen MR) is 125 cm³/mol. The number of allylic oxidation sites excluding steroid dienone is 1. The van der Waals surface area contributed by atoms with Crippen molar-refractivity contribution in [3.63, 3.8) is 0 Å². The minimum absolute atomic E-state index is 0.180. The molecule has 1 saturated heterocycles. The zero-order valence-corrected chi connectivity index (χ0v) is 17.9. The summed E-state index contributed by atoms with van der Waals surface area (Å²) in [5, 5.41) is 10.8. The van der Waals surface area contributed by atoms with Crippen LogP contribution in [0.2, 0.25) is 0 Å². The second kappa shape index (κ2) is 9.97. The molecule has 4 heterocycles. The number of rotatable bonds is 9. The van der Waals surface area contributed by atoms with Crippen molar-refractivity contribution < 1.29 is 4.79 Å². The van der Waals surface area contributed by atoms with Crippen LogP contribution in [0.3, 0.4) is 0 Å². The molecule has 1 aliphatic heterocycles. The van der Waals surface area contributed by atoms with Crippen molar-refractivity contribution >= 4 is 28.6 Å². The lowest BCUT2D eigenvalue weighted by Crippen LogP contribution is -2.33. The number of fused-ring (bicyclic) bond motifs is 1. The molecule has 9 heteroatoms. The van der Waals surface area contributed by atoms with E-state index in [-0.39, 0.29) is 5.91 Å². The minimum atomic E-state index is -0.180. The Balaban J connectivity index is 1.58. The van der Waals surface area contributed by atoms with Gasteiger partial charge in [0, 0.05) is 37.9 Å². The van der Waals surface area contributed by atoms with Crippen molar-refractivity contribution in [2.75, 3.05) is 31.5 Å². The van der Waals surface area contributed by atoms with Gasteiger partial charge in [0.05, 0.1) is 11.3 Å². The number of hydrogen-bond acceptors (Lipinski definition) is 7. The number of carbonyl (C=O) groups is 1. The molecule has 0 saturated carbocycles. The summed E-state index contributed by atoms with van der Waals surface area (Å²) in [6, 6.07) is 5.51. The molecule has 4 rings (SSSR count). The molecule has 0 unspecified atom stereocenters. The standard InChI is InChI=1S/C23H26N8O/c1-3-18(25-4-2)21-28-22(20-8-7-14-31(20)29-21)27-19-9-10-24-16-17(19)23(32)26-11-15-30-12-5-6-13-30/h3-4,7-10,14,16H,1-2,5-6,11-13,15H2,(H,26,32)(H,24,27,28,29). The summed E-state index contributed by atoms with van der Waals surface area (Å²) < 4.78 is 1.70. The van der Waals surface area contributed by atoms with Gasteiger partial charge in [-0.1, -0.05) is 13.2 Å². The van der Waals surface area contributed by atoms with Gasteiger partial charge < -0.3 is 15.5 Å². The molecule has 3 aromatic rings. The van der Waals surface area contributed by atoms with Crippen LogP contribution >= 0.6 is 0 Å². The first kappa shape index (κ1) is 21.4. The maximum Gasteiger partial charge on any atom is 0.255 e. The number of carbonyl (C=O) groups excluding carboxylic acids is 1. The minimum Gasteiger partial charge on any atom is -0.351 e. The Hall–Kier alpha value is -3.85. The zero-order valence-electron chi connectivity index (χ0n) is 17.9. The maximum absolute atomic E-state index is 12.9. The lowest BCUT2D eigenvalue weighted by atomic mass is 10.2. The van der Waals surface area contributed by atoms with Gasteiger partial charge in [-0.2, -0.15) is 0 Å². The Bertz CT molecular complexity index is 1160. The number of hydrogen-bond donors (Lipinski definition) is 2. The predicted octanol–water partition coefficient (Wildman–Crippen LogP) is 2.81. The Labute approximate surface area is 186 Å². The summed E-state index contributed by atoms with van der Waals surface area (Å²) in [4.78, 5) is 28.2. The van der Waals surface area contributed by atoms with Crippen LogP contribution in [0.25, 0.3) is 5.52 Å². The molecule has 0 bridgehead atoms. The molecular formula is C23H26N8O. The number of likely N-dealkylation sites (tertiary alicyclic amines) is 1.